The van der Waals surface area contributed by atoms with Crippen molar-refractivity contribution >= 4 is 0 Å². The third kappa shape index (κ3) is 50.0. The number of hydrogen-bond donors (Lipinski definition) is 0. The summed E-state index contributed by atoms with van der Waals surface area (Å²) in [5.74, 6) is 0. The van der Waals surface area contributed by atoms with Crippen molar-refractivity contribution in [1.29, 1.82) is 0 Å². The second-order valence-corrected chi connectivity index (χ2v) is 0. The maximum atomic E-state index is 9.63. The van der Waals surface area contributed by atoms with Crippen molar-refractivity contribution in [2.45, 2.75) is 0 Å². The van der Waals surface area contributed by atoms with E-state index in [1.807, 2.05) is 0 Å². The van der Waals surface area contributed by atoms with Gasteiger partial charge in [-0.05, 0) is 0 Å². The van der Waals surface area contributed by atoms with Gasteiger partial charge in [-0.15, -0.1) is 0 Å². The predicted molar refractivity (Wildman–Crippen MR) is 11.9 cm³/mol. The fourth-order valence-corrected chi connectivity index (χ4v) is 0. The van der Waals surface area contributed by atoms with Crippen molar-refractivity contribution in [3.05, 3.63) is 0 Å². The van der Waals surface area contributed by atoms with E-state index >= 15 is 0 Å². The van der Waals surface area contributed by atoms with E-state index in [1.165, 1.54) is 0 Å². The van der Waals surface area contributed by atoms with Gasteiger partial charge in [0.25, 0.3) is 0 Å². The predicted octanol–water partition coefficient (Wildman–Crippen LogP) is -2.06. The molecule has 34 valence electrons. The van der Waals surface area contributed by atoms with Crippen LogP contribution in [0.1, 0.15) is 0 Å². The Labute approximate surface area is 50.1 Å². The fraction of sp³-hybridized carbons (Fsp3) is 0. The van der Waals surface area contributed by atoms with Gasteiger partial charge >= 0.3 is 33.6 Å². The van der Waals surface area contributed by atoms with Crippen LogP contribution in [0.25, 0.3) is 0 Å². The van der Waals surface area contributed by atoms with Gasteiger partial charge in [0.15, 0.2) is 0 Å². The van der Waals surface area contributed by atoms with E-state index in [4.69, 9.17) is 0 Å². The van der Waals surface area contributed by atoms with E-state index in [9.17, 15) is 1.92 Å². The van der Waals surface area contributed by atoms with Crippen LogP contribution in [0.3, 0.4) is 0 Å². The Kier molecular flexibility index (Phi) is 703. The van der Waals surface area contributed by atoms with Crippen molar-refractivity contribution < 1.29 is 50.0 Å². The van der Waals surface area contributed by atoms with E-state index in [-0.39, 0.29) is 48.1 Å². The topological polar surface area (TPSA) is 94.5 Å². The van der Waals surface area contributed by atoms with Gasteiger partial charge in [-0.2, -0.15) is 0 Å². The first-order chi connectivity index (χ1) is 1.00. The average Bonchev–Trinajstić information content (AvgIpc) is 1.00. The summed E-state index contributed by atoms with van der Waals surface area (Å²) in [6, 6.07) is 0. The van der Waals surface area contributed by atoms with E-state index in [0.717, 1.165) is 0 Å². The van der Waals surface area contributed by atoms with Crippen LogP contribution in [0.15, 0.2) is 0 Å². The summed E-state index contributed by atoms with van der Waals surface area (Å²) >= 11 is -0.150. The normalized spacial score (nSPS) is 0.800. The Morgan fingerprint density at radius 3 is 0.800 bits per heavy atom. The van der Waals surface area contributed by atoms with Crippen molar-refractivity contribution in [3.8, 4) is 0 Å². The molecule has 0 aromatic carbocycles. The zero-order valence-electron chi connectivity index (χ0n) is 2.46. The monoisotopic (exact) mass is 162 g/mol. The Morgan fingerprint density at radius 1 is 0.800 bits per heavy atom. The molecule has 0 fully saturated rings. The Balaban J connectivity index is -0.00000000167. The quantitative estimate of drug-likeness (QED) is 0.391. The molecule has 0 rings (SSSR count). The molecule has 0 amide bonds. The Bertz CT molecular complexity index is 6.85. The second kappa shape index (κ2) is 90.1. The van der Waals surface area contributed by atoms with Gasteiger partial charge in [-0.25, -0.2) is 0 Å². The molecule has 0 saturated heterocycles. The second-order valence-electron chi connectivity index (χ2n) is 0. The van der Waals surface area contributed by atoms with Crippen LogP contribution in [-0.4, -0.2) is 16.4 Å². The van der Waals surface area contributed by atoms with E-state index in [0.29, 0.717) is 0 Å². The molecule has 0 saturated carbocycles. The third-order valence-corrected chi connectivity index (χ3v) is 0. The minimum absolute atomic E-state index is 0. The Morgan fingerprint density at radius 2 is 0.800 bits per heavy atom. The molecular formula is H6FO3Y. The molecule has 0 radical (unpaired) electrons. The maximum absolute atomic E-state index is 9.63. The molecule has 6 N–H and O–H groups in total. The molecular weight excluding hydrogens is 156 g/mol. The van der Waals surface area contributed by atoms with Gasteiger partial charge < -0.3 is 16.4 Å². The first kappa shape index (κ1) is 39.0. The summed E-state index contributed by atoms with van der Waals surface area (Å²) in [7, 11) is 0. The van der Waals surface area contributed by atoms with Crippen LogP contribution in [0.4, 0.5) is 1.92 Å². The molecule has 0 aromatic heterocycles. The van der Waals surface area contributed by atoms with Gasteiger partial charge in [-0.1, -0.05) is 0 Å². The first-order valence-corrected chi connectivity index (χ1v) is 1.29. The molecule has 0 aromatic rings. The zero-order chi connectivity index (χ0) is 2.00. The van der Waals surface area contributed by atoms with Crippen LogP contribution in [0, 0.1) is 0 Å². The van der Waals surface area contributed by atoms with Crippen molar-refractivity contribution in [2.24, 2.45) is 0 Å². The number of halogens is 1. The summed E-state index contributed by atoms with van der Waals surface area (Å²) in [5.41, 5.74) is 0. The average molecular weight is 162 g/mol. The fourth-order valence-electron chi connectivity index (χ4n) is 0. The van der Waals surface area contributed by atoms with E-state index in [1.54, 1.807) is 0 Å². The third-order valence-electron chi connectivity index (χ3n) is 0. The van der Waals surface area contributed by atoms with Crippen LogP contribution in [-0.2, 0) is 31.7 Å². The molecule has 0 spiro atoms. The standard InChI is InChI=1S/FH.3H2O.Y/h1H;3*1H2;/q;;;;+1/p-1. The van der Waals surface area contributed by atoms with Crippen molar-refractivity contribution in [3.63, 3.8) is 0 Å². The van der Waals surface area contributed by atoms with E-state index in [2.05, 4.69) is 0 Å². The SMILES string of the molecule is O.O.O.[F][Y]. The van der Waals surface area contributed by atoms with Crippen LogP contribution < -0.4 is 0 Å². The molecule has 0 heterocycles. The van der Waals surface area contributed by atoms with Gasteiger partial charge in [0.1, 0.15) is 0 Å². The van der Waals surface area contributed by atoms with Crippen molar-refractivity contribution in [2.75, 3.05) is 0 Å². The molecule has 0 aliphatic heterocycles. The summed E-state index contributed by atoms with van der Waals surface area (Å²) in [4.78, 5) is 0. The molecule has 5 heavy (non-hydrogen) atoms. The van der Waals surface area contributed by atoms with Crippen LogP contribution in [0.2, 0.25) is 0 Å². The summed E-state index contributed by atoms with van der Waals surface area (Å²) < 4.78 is 9.63. The molecule has 0 aliphatic carbocycles. The molecule has 0 aliphatic rings. The summed E-state index contributed by atoms with van der Waals surface area (Å²) in [6.07, 6.45) is 0. The summed E-state index contributed by atoms with van der Waals surface area (Å²) in [6.45, 7) is 0. The van der Waals surface area contributed by atoms with Crippen molar-refractivity contribution in [1.82, 2.24) is 0 Å². The molecule has 0 bridgehead atoms. The molecule has 3 nitrogen and oxygen atoms in total. The molecule has 0 atom stereocenters. The minimum atomic E-state index is -0.150. The summed E-state index contributed by atoms with van der Waals surface area (Å²) in [5, 5.41) is 0. The van der Waals surface area contributed by atoms with Crippen LogP contribution >= 0.6 is 0 Å². The van der Waals surface area contributed by atoms with E-state index < -0.39 is 0 Å². The number of hydrogen-bond acceptors (Lipinski definition) is 0. The van der Waals surface area contributed by atoms with Gasteiger partial charge in [0, 0.05) is 0 Å². The van der Waals surface area contributed by atoms with Gasteiger partial charge in [-0.3, -0.25) is 0 Å². The first-order valence-electron chi connectivity index (χ1n) is 0.218. The Hall–Kier alpha value is 0.914. The zero-order valence-corrected chi connectivity index (χ0v) is 5.29. The molecule has 5 heteroatoms. The number of rotatable bonds is 0. The van der Waals surface area contributed by atoms with Gasteiger partial charge in [0.2, 0.25) is 0 Å². The van der Waals surface area contributed by atoms with Crippen LogP contribution in [0.5, 0.6) is 0 Å². The van der Waals surface area contributed by atoms with Gasteiger partial charge in [0.05, 0.1) is 0 Å². The molecule has 0 unspecified atom stereocenters.